The van der Waals surface area contributed by atoms with E-state index in [1.54, 1.807) is 0 Å². The Bertz CT molecular complexity index is 1920. The van der Waals surface area contributed by atoms with Crippen LogP contribution in [-0.2, 0) is 6.16 Å². The van der Waals surface area contributed by atoms with Gasteiger partial charge in [0.1, 0.15) is 17.2 Å². The standard InChI is InChI=1S/C43H42O3P2/c1-30-25-34(5)40(29-47(44-41-23-15-13-17-32(41)3)45-42-24-16-14-18-33(42)4)38(27-30)39-28-31(2)26-35(6)43(39)46-48(36-19-9-7-10-20-36)37-21-11-8-12-22-37/h7-28H,29H2,1-6H3. The molecule has 0 unspecified atom stereocenters. The van der Waals surface area contributed by atoms with Crippen molar-refractivity contribution in [2.75, 3.05) is 0 Å². The van der Waals surface area contributed by atoms with Crippen LogP contribution in [0, 0.1) is 41.5 Å². The molecule has 0 atom stereocenters. The van der Waals surface area contributed by atoms with Gasteiger partial charge < -0.3 is 13.6 Å². The van der Waals surface area contributed by atoms with Crippen molar-refractivity contribution in [3.8, 4) is 28.4 Å². The smallest absolute Gasteiger partial charge is 0.295 e. The van der Waals surface area contributed by atoms with Crippen LogP contribution in [0.2, 0.25) is 0 Å². The number of benzene rings is 6. The molecular formula is C43H42O3P2. The van der Waals surface area contributed by atoms with Gasteiger partial charge in [-0.1, -0.05) is 121 Å². The van der Waals surface area contributed by atoms with Crippen molar-refractivity contribution in [3.63, 3.8) is 0 Å². The second-order valence-corrected chi connectivity index (χ2v) is 15.5. The Morgan fingerprint density at radius 1 is 0.438 bits per heavy atom. The largest absolute Gasteiger partial charge is 0.464 e. The minimum Gasteiger partial charge on any atom is -0.464 e. The summed E-state index contributed by atoms with van der Waals surface area (Å²) in [4.78, 5) is 0. The summed E-state index contributed by atoms with van der Waals surface area (Å²) in [6.07, 6.45) is 0.609. The third-order valence-electron chi connectivity index (χ3n) is 8.37. The van der Waals surface area contributed by atoms with Gasteiger partial charge in [-0.05, 0) is 98.7 Å². The average molecular weight is 669 g/mol. The lowest BCUT2D eigenvalue weighted by Gasteiger charge is -2.26. The average Bonchev–Trinajstić information content (AvgIpc) is 3.08. The molecule has 0 aliphatic carbocycles. The van der Waals surface area contributed by atoms with Crippen LogP contribution in [0.3, 0.4) is 0 Å². The summed E-state index contributed by atoms with van der Waals surface area (Å²) in [7, 11) is -2.53. The molecule has 0 aromatic heterocycles. The van der Waals surface area contributed by atoms with E-state index in [2.05, 4.69) is 139 Å². The van der Waals surface area contributed by atoms with Crippen molar-refractivity contribution in [1.82, 2.24) is 0 Å². The minimum absolute atomic E-state index is 0.609. The Labute approximate surface area is 288 Å². The normalized spacial score (nSPS) is 11.2. The first-order chi connectivity index (χ1) is 23.3. The van der Waals surface area contributed by atoms with E-state index in [4.69, 9.17) is 13.6 Å². The van der Waals surface area contributed by atoms with E-state index in [0.717, 1.165) is 45.1 Å². The Balaban J connectivity index is 1.47. The highest BCUT2D eigenvalue weighted by atomic mass is 31.2. The molecule has 0 fully saturated rings. The summed E-state index contributed by atoms with van der Waals surface area (Å²) in [5.41, 5.74) is 10.3. The van der Waals surface area contributed by atoms with Gasteiger partial charge in [0.2, 0.25) is 0 Å². The fourth-order valence-electron chi connectivity index (χ4n) is 5.95. The van der Waals surface area contributed by atoms with E-state index in [-0.39, 0.29) is 0 Å². The number of rotatable bonds is 11. The maximum absolute atomic E-state index is 7.23. The molecule has 0 saturated heterocycles. The third kappa shape index (κ3) is 7.82. The molecular weight excluding hydrogens is 626 g/mol. The second-order valence-electron chi connectivity index (χ2n) is 12.3. The molecule has 0 saturated carbocycles. The molecule has 6 aromatic carbocycles. The molecule has 6 rings (SSSR count). The van der Waals surface area contributed by atoms with Crippen LogP contribution in [-0.4, -0.2) is 0 Å². The fourth-order valence-corrected chi connectivity index (χ4v) is 9.46. The Kier molecular flexibility index (Phi) is 10.6. The SMILES string of the molecule is Cc1cc(C)c(CP(Oc2ccccc2C)Oc2ccccc2C)c(-c2cc(C)cc(C)c2OP(c2ccccc2)c2ccccc2)c1. The van der Waals surface area contributed by atoms with E-state index >= 15 is 0 Å². The summed E-state index contributed by atoms with van der Waals surface area (Å²) in [6.45, 7) is 12.8. The molecule has 6 aromatic rings. The number of hydrogen-bond donors (Lipinski definition) is 0. The summed E-state index contributed by atoms with van der Waals surface area (Å²) in [5.74, 6) is 2.60. The van der Waals surface area contributed by atoms with Gasteiger partial charge in [0.25, 0.3) is 8.38 Å². The summed E-state index contributed by atoms with van der Waals surface area (Å²) in [6, 6.07) is 46.5. The van der Waals surface area contributed by atoms with Gasteiger partial charge in [-0.15, -0.1) is 0 Å². The van der Waals surface area contributed by atoms with E-state index in [1.165, 1.54) is 32.9 Å². The van der Waals surface area contributed by atoms with Crippen LogP contribution in [0.15, 0.2) is 133 Å². The van der Waals surface area contributed by atoms with Crippen molar-refractivity contribution in [2.45, 2.75) is 47.7 Å². The highest BCUT2D eigenvalue weighted by molar-refractivity contribution is 7.68. The van der Waals surface area contributed by atoms with Gasteiger partial charge in [-0.2, -0.15) is 0 Å². The fraction of sp³-hybridized carbons (Fsp3) is 0.163. The Morgan fingerprint density at radius 3 is 1.42 bits per heavy atom. The zero-order valence-electron chi connectivity index (χ0n) is 28.5. The molecule has 3 nitrogen and oxygen atoms in total. The van der Waals surface area contributed by atoms with Gasteiger partial charge in [-0.3, -0.25) is 0 Å². The summed E-state index contributed by atoms with van der Waals surface area (Å²) in [5, 5.41) is 2.35. The molecule has 0 aliphatic heterocycles. The lowest BCUT2D eigenvalue weighted by Crippen LogP contribution is -2.16. The first-order valence-electron chi connectivity index (χ1n) is 16.3. The molecule has 0 amide bonds. The molecule has 5 heteroatoms. The van der Waals surface area contributed by atoms with Gasteiger partial charge in [0.15, 0.2) is 8.15 Å². The quantitative estimate of drug-likeness (QED) is 0.129. The highest BCUT2D eigenvalue weighted by Crippen LogP contribution is 2.50. The van der Waals surface area contributed by atoms with Gasteiger partial charge in [-0.25, -0.2) is 0 Å². The van der Waals surface area contributed by atoms with Gasteiger partial charge in [0.05, 0.1) is 6.16 Å². The summed E-state index contributed by atoms with van der Waals surface area (Å²) < 4.78 is 20.7. The maximum atomic E-state index is 7.23. The molecule has 48 heavy (non-hydrogen) atoms. The highest BCUT2D eigenvalue weighted by Gasteiger charge is 2.26. The molecule has 0 spiro atoms. The Hall–Kier alpha value is -4.42. The molecule has 0 heterocycles. The summed E-state index contributed by atoms with van der Waals surface area (Å²) >= 11 is 0. The predicted octanol–water partition coefficient (Wildman–Crippen LogP) is 11.6. The van der Waals surface area contributed by atoms with Crippen LogP contribution in [0.5, 0.6) is 17.2 Å². The van der Waals surface area contributed by atoms with E-state index in [1.807, 2.05) is 36.4 Å². The van der Waals surface area contributed by atoms with Gasteiger partial charge in [0, 0.05) is 16.2 Å². The van der Waals surface area contributed by atoms with E-state index < -0.39 is 16.5 Å². The van der Waals surface area contributed by atoms with Crippen LogP contribution in [0.4, 0.5) is 0 Å². The third-order valence-corrected chi connectivity index (χ3v) is 11.6. The van der Waals surface area contributed by atoms with Crippen LogP contribution < -0.4 is 24.2 Å². The van der Waals surface area contributed by atoms with Crippen molar-refractivity contribution in [1.29, 1.82) is 0 Å². The molecule has 0 bridgehead atoms. The predicted molar refractivity (Wildman–Crippen MR) is 205 cm³/mol. The topological polar surface area (TPSA) is 27.7 Å². The first kappa shape index (κ1) is 33.5. The molecule has 0 aliphatic rings. The van der Waals surface area contributed by atoms with E-state index in [0.29, 0.717) is 6.16 Å². The van der Waals surface area contributed by atoms with Crippen molar-refractivity contribution in [3.05, 3.63) is 172 Å². The molecule has 242 valence electrons. The second kappa shape index (κ2) is 15.2. The van der Waals surface area contributed by atoms with Gasteiger partial charge >= 0.3 is 0 Å². The molecule has 0 N–H and O–H groups in total. The zero-order chi connectivity index (χ0) is 33.6. The molecule has 0 radical (unpaired) electrons. The zero-order valence-corrected chi connectivity index (χ0v) is 30.3. The van der Waals surface area contributed by atoms with Crippen molar-refractivity contribution in [2.24, 2.45) is 0 Å². The monoisotopic (exact) mass is 668 g/mol. The van der Waals surface area contributed by atoms with Crippen LogP contribution in [0.1, 0.15) is 38.9 Å². The minimum atomic E-state index is -1.41. The number of hydrogen-bond acceptors (Lipinski definition) is 3. The van der Waals surface area contributed by atoms with Crippen molar-refractivity contribution < 1.29 is 13.6 Å². The van der Waals surface area contributed by atoms with Crippen LogP contribution in [0.25, 0.3) is 11.1 Å². The number of aryl methyl sites for hydroxylation is 6. The maximum Gasteiger partial charge on any atom is 0.295 e. The lowest BCUT2D eigenvalue weighted by molar-refractivity contribution is 0.484. The van der Waals surface area contributed by atoms with Crippen LogP contribution >= 0.6 is 16.5 Å². The Morgan fingerprint density at radius 2 is 0.896 bits per heavy atom. The van der Waals surface area contributed by atoms with Crippen molar-refractivity contribution >= 4 is 27.1 Å². The number of para-hydroxylation sites is 2. The first-order valence-corrected chi connectivity index (χ1v) is 18.9. The van der Waals surface area contributed by atoms with E-state index in [9.17, 15) is 0 Å². The lowest BCUT2D eigenvalue weighted by atomic mass is 9.92.